The van der Waals surface area contributed by atoms with E-state index in [1.165, 1.54) is 13.5 Å². The molecule has 0 saturated carbocycles. The molecule has 1 aromatic rings. The summed E-state index contributed by atoms with van der Waals surface area (Å²) < 4.78 is 4.72. The van der Waals surface area contributed by atoms with Crippen LogP contribution in [0, 0.1) is 0 Å². The summed E-state index contributed by atoms with van der Waals surface area (Å²) in [6.45, 7) is 2.72. The summed E-state index contributed by atoms with van der Waals surface area (Å²) in [7, 11) is 1.31. The number of rotatable bonds is 4. The van der Waals surface area contributed by atoms with Crippen molar-refractivity contribution in [2.24, 2.45) is 5.73 Å². The Labute approximate surface area is 159 Å². The fourth-order valence-corrected chi connectivity index (χ4v) is 4.20. The van der Waals surface area contributed by atoms with Crippen LogP contribution in [0.5, 0.6) is 0 Å². The predicted octanol–water partition coefficient (Wildman–Crippen LogP) is 1.42. The number of hydrogen-bond donors (Lipinski definition) is 1. The van der Waals surface area contributed by atoms with Crippen LogP contribution >= 0.6 is 0 Å². The second-order valence-corrected chi connectivity index (χ2v) is 7.31. The Morgan fingerprint density at radius 1 is 1.00 bits per heavy atom. The SMILES string of the molecule is COC(=O)c1cccc(C(=O)N2CCC(C(N)=O)(N3CCCCC3)CC2)c1. The molecule has 0 unspecified atom stereocenters. The molecule has 2 N–H and O–H groups in total. The maximum Gasteiger partial charge on any atom is 0.337 e. The fourth-order valence-electron chi connectivity index (χ4n) is 4.20. The van der Waals surface area contributed by atoms with Gasteiger partial charge in [0.2, 0.25) is 5.91 Å². The normalized spacial score (nSPS) is 20.1. The molecule has 2 fully saturated rings. The first-order valence-electron chi connectivity index (χ1n) is 9.50. The highest BCUT2D eigenvalue weighted by Gasteiger charge is 2.45. The molecule has 2 heterocycles. The molecule has 3 rings (SSSR count). The number of likely N-dealkylation sites (tertiary alicyclic amines) is 2. The van der Waals surface area contributed by atoms with Gasteiger partial charge in [0, 0.05) is 18.7 Å². The first kappa shape index (κ1) is 19.4. The summed E-state index contributed by atoms with van der Waals surface area (Å²) in [6.07, 6.45) is 4.44. The monoisotopic (exact) mass is 373 g/mol. The second kappa shape index (κ2) is 8.08. The van der Waals surface area contributed by atoms with Gasteiger partial charge < -0.3 is 15.4 Å². The number of amides is 2. The van der Waals surface area contributed by atoms with E-state index in [0.717, 1.165) is 25.9 Å². The number of carbonyl (C=O) groups is 3. The Morgan fingerprint density at radius 2 is 1.63 bits per heavy atom. The summed E-state index contributed by atoms with van der Waals surface area (Å²) in [5.41, 5.74) is 5.95. The third kappa shape index (κ3) is 3.83. The first-order chi connectivity index (χ1) is 13.0. The zero-order valence-electron chi connectivity index (χ0n) is 15.8. The molecule has 0 spiro atoms. The van der Waals surface area contributed by atoms with Crippen LogP contribution in [0.15, 0.2) is 24.3 Å². The van der Waals surface area contributed by atoms with Gasteiger partial charge in [-0.3, -0.25) is 14.5 Å². The van der Waals surface area contributed by atoms with Crippen LogP contribution in [0.25, 0.3) is 0 Å². The lowest BCUT2D eigenvalue weighted by Gasteiger charge is -2.48. The average Bonchev–Trinajstić information content (AvgIpc) is 2.73. The molecule has 1 aromatic carbocycles. The van der Waals surface area contributed by atoms with Gasteiger partial charge in [0.15, 0.2) is 0 Å². The molecule has 2 aliphatic rings. The van der Waals surface area contributed by atoms with Crippen LogP contribution < -0.4 is 5.73 Å². The van der Waals surface area contributed by atoms with Crippen molar-refractivity contribution in [3.63, 3.8) is 0 Å². The van der Waals surface area contributed by atoms with Gasteiger partial charge in [0.25, 0.3) is 5.91 Å². The zero-order valence-corrected chi connectivity index (χ0v) is 15.8. The van der Waals surface area contributed by atoms with Crippen molar-refractivity contribution in [2.45, 2.75) is 37.6 Å². The first-order valence-corrected chi connectivity index (χ1v) is 9.50. The highest BCUT2D eigenvalue weighted by molar-refractivity contribution is 5.98. The highest BCUT2D eigenvalue weighted by Crippen LogP contribution is 2.32. The topological polar surface area (TPSA) is 92.9 Å². The zero-order chi connectivity index (χ0) is 19.4. The fraction of sp³-hybridized carbons (Fsp3) is 0.550. The molecule has 0 aliphatic carbocycles. The summed E-state index contributed by atoms with van der Waals surface area (Å²) in [5.74, 6) is -0.900. The van der Waals surface area contributed by atoms with Gasteiger partial charge >= 0.3 is 5.97 Å². The molecular weight excluding hydrogens is 346 g/mol. The minimum absolute atomic E-state index is 0.141. The minimum Gasteiger partial charge on any atom is -0.465 e. The number of ether oxygens (including phenoxy) is 1. The number of benzene rings is 1. The molecule has 7 nitrogen and oxygen atoms in total. The van der Waals surface area contributed by atoms with Crippen LogP contribution in [-0.4, -0.2) is 66.4 Å². The number of hydrogen-bond acceptors (Lipinski definition) is 5. The second-order valence-electron chi connectivity index (χ2n) is 7.31. The van der Waals surface area contributed by atoms with E-state index in [9.17, 15) is 14.4 Å². The Morgan fingerprint density at radius 3 is 2.22 bits per heavy atom. The van der Waals surface area contributed by atoms with E-state index < -0.39 is 11.5 Å². The quantitative estimate of drug-likeness (QED) is 0.806. The molecular formula is C20H27N3O4. The number of piperidine rings is 2. The van der Waals surface area contributed by atoms with Crippen LogP contribution in [0.2, 0.25) is 0 Å². The molecule has 2 saturated heterocycles. The summed E-state index contributed by atoms with van der Waals surface area (Å²) in [5, 5.41) is 0. The Kier molecular flexibility index (Phi) is 5.79. The van der Waals surface area contributed by atoms with Crippen molar-refractivity contribution >= 4 is 17.8 Å². The molecule has 27 heavy (non-hydrogen) atoms. The van der Waals surface area contributed by atoms with Gasteiger partial charge in [-0.05, 0) is 57.0 Å². The van der Waals surface area contributed by atoms with E-state index in [4.69, 9.17) is 10.5 Å². The highest BCUT2D eigenvalue weighted by atomic mass is 16.5. The van der Waals surface area contributed by atoms with E-state index in [1.54, 1.807) is 29.2 Å². The van der Waals surface area contributed by atoms with Crippen LogP contribution in [0.4, 0.5) is 0 Å². The Hall–Kier alpha value is -2.41. The Bertz CT molecular complexity index is 720. The molecule has 0 radical (unpaired) electrons. The van der Waals surface area contributed by atoms with E-state index in [-0.39, 0.29) is 11.8 Å². The van der Waals surface area contributed by atoms with Crippen LogP contribution in [0.3, 0.4) is 0 Å². The summed E-state index contributed by atoms with van der Waals surface area (Å²) in [4.78, 5) is 40.8. The van der Waals surface area contributed by atoms with Gasteiger partial charge in [-0.25, -0.2) is 4.79 Å². The van der Waals surface area contributed by atoms with Crippen LogP contribution in [-0.2, 0) is 9.53 Å². The van der Waals surface area contributed by atoms with Crippen molar-refractivity contribution in [1.82, 2.24) is 9.80 Å². The van der Waals surface area contributed by atoms with E-state index in [2.05, 4.69) is 4.90 Å². The van der Waals surface area contributed by atoms with Crippen molar-refractivity contribution in [2.75, 3.05) is 33.3 Å². The molecule has 0 bridgehead atoms. The van der Waals surface area contributed by atoms with Gasteiger partial charge in [0.1, 0.15) is 5.54 Å². The van der Waals surface area contributed by atoms with Crippen LogP contribution in [0.1, 0.15) is 52.8 Å². The van der Waals surface area contributed by atoms with Crippen molar-refractivity contribution in [1.29, 1.82) is 0 Å². The number of methoxy groups -OCH3 is 1. The summed E-state index contributed by atoms with van der Waals surface area (Å²) >= 11 is 0. The van der Waals surface area contributed by atoms with Gasteiger partial charge in [0.05, 0.1) is 12.7 Å². The smallest absolute Gasteiger partial charge is 0.337 e. The number of esters is 1. The maximum absolute atomic E-state index is 12.9. The molecule has 0 atom stereocenters. The van der Waals surface area contributed by atoms with Crippen molar-refractivity contribution in [3.8, 4) is 0 Å². The lowest BCUT2D eigenvalue weighted by Crippen LogP contribution is -2.63. The Balaban J connectivity index is 1.71. The minimum atomic E-state index is -0.648. The van der Waals surface area contributed by atoms with Gasteiger partial charge in [-0.15, -0.1) is 0 Å². The number of nitrogens with two attached hydrogens (primary N) is 1. The number of primary amides is 1. The predicted molar refractivity (Wildman–Crippen MR) is 100 cm³/mol. The van der Waals surface area contributed by atoms with E-state index >= 15 is 0 Å². The van der Waals surface area contributed by atoms with Crippen molar-refractivity contribution < 1.29 is 19.1 Å². The van der Waals surface area contributed by atoms with E-state index in [0.29, 0.717) is 37.1 Å². The molecule has 146 valence electrons. The summed E-state index contributed by atoms with van der Waals surface area (Å²) in [6, 6.07) is 6.53. The molecule has 2 aliphatic heterocycles. The number of carbonyl (C=O) groups excluding carboxylic acids is 3. The molecule has 2 amide bonds. The number of nitrogens with zero attached hydrogens (tertiary/aromatic N) is 2. The molecule has 0 aromatic heterocycles. The molecule has 7 heteroatoms. The van der Waals surface area contributed by atoms with E-state index in [1.807, 2.05) is 0 Å². The lowest BCUT2D eigenvalue weighted by molar-refractivity contribution is -0.134. The lowest BCUT2D eigenvalue weighted by atomic mass is 9.83. The van der Waals surface area contributed by atoms with Gasteiger partial charge in [-0.1, -0.05) is 12.5 Å². The third-order valence-corrected chi connectivity index (χ3v) is 5.83. The average molecular weight is 373 g/mol. The van der Waals surface area contributed by atoms with Gasteiger partial charge in [-0.2, -0.15) is 0 Å². The van der Waals surface area contributed by atoms with Crippen molar-refractivity contribution in [3.05, 3.63) is 35.4 Å². The largest absolute Gasteiger partial charge is 0.465 e. The third-order valence-electron chi connectivity index (χ3n) is 5.83. The standard InChI is InChI=1S/C20H27N3O4/c1-27-18(25)16-7-5-6-15(14-16)17(24)22-12-8-20(9-13-22,19(21)26)23-10-3-2-4-11-23/h5-7,14H,2-4,8-13H2,1H3,(H2,21,26). The maximum atomic E-state index is 12.9.